The van der Waals surface area contributed by atoms with Crippen molar-refractivity contribution in [2.45, 2.75) is 20.3 Å². The molecule has 0 spiro atoms. The fourth-order valence-corrected chi connectivity index (χ4v) is 3.00. The van der Waals surface area contributed by atoms with Crippen LogP contribution in [0.5, 0.6) is 17.2 Å². The Labute approximate surface area is 170 Å². The van der Waals surface area contributed by atoms with Crippen LogP contribution in [0, 0.1) is 6.92 Å². The van der Waals surface area contributed by atoms with E-state index in [-0.39, 0.29) is 12.5 Å². The number of carbonyl (C=O) groups is 1. The number of anilines is 1. The van der Waals surface area contributed by atoms with Crippen molar-refractivity contribution in [3.63, 3.8) is 0 Å². The number of methoxy groups -OCH3 is 2. The van der Waals surface area contributed by atoms with Crippen LogP contribution in [0.1, 0.15) is 18.2 Å². The zero-order valence-electron chi connectivity index (χ0n) is 17.0. The molecule has 0 atom stereocenters. The maximum absolute atomic E-state index is 12.4. The smallest absolute Gasteiger partial charge is 0.263 e. The van der Waals surface area contributed by atoms with E-state index in [9.17, 15) is 4.79 Å². The van der Waals surface area contributed by atoms with Gasteiger partial charge in [-0.05, 0) is 48.7 Å². The van der Waals surface area contributed by atoms with E-state index in [0.29, 0.717) is 23.1 Å². The van der Waals surface area contributed by atoms with Crippen molar-refractivity contribution < 1.29 is 19.0 Å². The molecule has 3 aromatic rings. The molecule has 7 nitrogen and oxygen atoms in total. The second-order valence-electron chi connectivity index (χ2n) is 6.48. The lowest BCUT2D eigenvalue weighted by molar-refractivity contribution is -0.118. The first-order chi connectivity index (χ1) is 14.0. The number of rotatable bonds is 8. The summed E-state index contributed by atoms with van der Waals surface area (Å²) in [5.74, 6) is 2.02. The normalized spacial score (nSPS) is 10.5. The molecule has 0 aliphatic carbocycles. The molecule has 1 heterocycles. The predicted octanol–water partition coefficient (Wildman–Crippen LogP) is 3.98. The van der Waals surface area contributed by atoms with E-state index in [1.165, 1.54) is 5.56 Å². The number of aryl methyl sites for hydroxylation is 2. The summed E-state index contributed by atoms with van der Waals surface area (Å²) in [4.78, 5) is 12.4. The first kappa shape index (κ1) is 20.3. The van der Waals surface area contributed by atoms with Gasteiger partial charge in [0.1, 0.15) is 5.75 Å². The van der Waals surface area contributed by atoms with Gasteiger partial charge in [0.2, 0.25) is 0 Å². The van der Waals surface area contributed by atoms with Gasteiger partial charge in [-0.25, -0.2) is 0 Å². The molecular weight excluding hydrogens is 370 g/mol. The van der Waals surface area contributed by atoms with E-state index in [1.54, 1.807) is 14.2 Å². The largest absolute Gasteiger partial charge is 0.493 e. The fourth-order valence-electron chi connectivity index (χ4n) is 3.00. The summed E-state index contributed by atoms with van der Waals surface area (Å²) in [7, 11) is 3.17. The molecule has 2 N–H and O–H groups in total. The minimum absolute atomic E-state index is 0.108. The van der Waals surface area contributed by atoms with E-state index in [1.807, 2.05) is 49.4 Å². The van der Waals surface area contributed by atoms with Gasteiger partial charge < -0.3 is 19.5 Å². The van der Waals surface area contributed by atoms with E-state index < -0.39 is 0 Å². The summed E-state index contributed by atoms with van der Waals surface area (Å²) in [5.41, 5.74) is 3.67. The van der Waals surface area contributed by atoms with Gasteiger partial charge in [0.15, 0.2) is 23.9 Å². The number of ether oxygens (including phenoxy) is 3. The van der Waals surface area contributed by atoms with E-state index in [0.717, 1.165) is 23.2 Å². The average Bonchev–Trinajstić information content (AvgIpc) is 3.11. The van der Waals surface area contributed by atoms with Gasteiger partial charge in [-0.2, -0.15) is 5.10 Å². The van der Waals surface area contributed by atoms with E-state index >= 15 is 0 Å². The number of aromatic nitrogens is 2. The van der Waals surface area contributed by atoms with Gasteiger partial charge in [-0.3, -0.25) is 9.89 Å². The molecule has 29 heavy (non-hydrogen) atoms. The van der Waals surface area contributed by atoms with Gasteiger partial charge in [0, 0.05) is 11.3 Å². The van der Waals surface area contributed by atoms with Gasteiger partial charge >= 0.3 is 0 Å². The molecule has 0 unspecified atom stereocenters. The third-order valence-corrected chi connectivity index (χ3v) is 4.58. The number of carbonyl (C=O) groups excluding carboxylic acids is 1. The lowest BCUT2D eigenvalue weighted by Crippen LogP contribution is -2.20. The lowest BCUT2D eigenvalue weighted by atomic mass is 10.0. The monoisotopic (exact) mass is 395 g/mol. The highest BCUT2D eigenvalue weighted by molar-refractivity contribution is 5.95. The number of nitrogens with zero attached hydrogens (tertiary/aromatic N) is 1. The predicted molar refractivity (Wildman–Crippen MR) is 112 cm³/mol. The molecule has 0 radical (unpaired) electrons. The van der Waals surface area contributed by atoms with Crippen molar-refractivity contribution >= 4 is 11.7 Å². The molecule has 2 aromatic carbocycles. The summed E-state index contributed by atoms with van der Waals surface area (Å²) >= 11 is 0. The zero-order chi connectivity index (χ0) is 20.8. The molecule has 0 aliphatic rings. The number of H-pyrrole nitrogens is 1. The fraction of sp³-hybridized carbons (Fsp3) is 0.273. The van der Waals surface area contributed by atoms with E-state index in [4.69, 9.17) is 14.2 Å². The quantitative estimate of drug-likeness (QED) is 0.603. The number of hydrogen-bond acceptors (Lipinski definition) is 5. The molecule has 0 fully saturated rings. The van der Waals surface area contributed by atoms with Crippen LogP contribution >= 0.6 is 0 Å². The molecule has 1 aromatic heterocycles. The van der Waals surface area contributed by atoms with Gasteiger partial charge in [-0.1, -0.05) is 25.1 Å². The SMILES string of the molecule is CCc1ccc(OCC(=O)Nc2n[nH]c(C)c2-c2ccc(OC)c(OC)c2)cc1. The summed E-state index contributed by atoms with van der Waals surface area (Å²) in [6.45, 7) is 3.87. The number of benzene rings is 2. The first-order valence-electron chi connectivity index (χ1n) is 9.34. The zero-order valence-corrected chi connectivity index (χ0v) is 17.0. The Morgan fingerprint density at radius 1 is 1.07 bits per heavy atom. The van der Waals surface area contributed by atoms with Crippen molar-refractivity contribution in [2.24, 2.45) is 0 Å². The van der Waals surface area contributed by atoms with Crippen LogP contribution in [0.4, 0.5) is 5.82 Å². The number of amides is 1. The molecule has 0 saturated carbocycles. The molecule has 7 heteroatoms. The number of aromatic amines is 1. The Kier molecular flexibility index (Phi) is 6.39. The van der Waals surface area contributed by atoms with Crippen LogP contribution < -0.4 is 19.5 Å². The minimum atomic E-state index is -0.294. The Bertz CT molecular complexity index is 980. The highest BCUT2D eigenvalue weighted by atomic mass is 16.5. The second-order valence-corrected chi connectivity index (χ2v) is 6.48. The second kappa shape index (κ2) is 9.14. The summed E-state index contributed by atoms with van der Waals surface area (Å²) in [6, 6.07) is 13.2. The first-order valence-corrected chi connectivity index (χ1v) is 9.34. The van der Waals surface area contributed by atoms with Gasteiger partial charge in [-0.15, -0.1) is 0 Å². The highest BCUT2D eigenvalue weighted by Gasteiger charge is 2.17. The summed E-state index contributed by atoms with van der Waals surface area (Å²) < 4.78 is 16.2. The average molecular weight is 395 g/mol. The molecule has 152 valence electrons. The maximum atomic E-state index is 12.4. The molecule has 0 bridgehead atoms. The Morgan fingerprint density at radius 2 is 1.79 bits per heavy atom. The number of hydrogen-bond donors (Lipinski definition) is 2. The van der Waals surface area contributed by atoms with Crippen LogP contribution in [-0.2, 0) is 11.2 Å². The van der Waals surface area contributed by atoms with Crippen LogP contribution in [0.3, 0.4) is 0 Å². The molecule has 3 rings (SSSR count). The highest BCUT2D eigenvalue weighted by Crippen LogP contribution is 2.36. The van der Waals surface area contributed by atoms with Crippen LogP contribution in [0.15, 0.2) is 42.5 Å². The summed E-state index contributed by atoms with van der Waals surface area (Å²) in [6.07, 6.45) is 0.957. The molecular formula is C22H25N3O4. The van der Waals surface area contributed by atoms with Crippen molar-refractivity contribution in [3.05, 3.63) is 53.7 Å². The van der Waals surface area contributed by atoms with Crippen molar-refractivity contribution in [1.29, 1.82) is 0 Å². The molecule has 0 saturated heterocycles. The third kappa shape index (κ3) is 4.68. The molecule has 1 amide bonds. The lowest BCUT2D eigenvalue weighted by Gasteiger charge is -2.11. The Balaban J connectivity index is 1.73. The minimum Gasteiger partial charge on any atom is -0.493 e. The van der Waals surface area contributed by atoms with Crippen LogP contribution in [0.25, 0.3) is 11.1 Å². The van der Waals surface area contributed by atoms with E-state index in [2.05, 4.69) is 22.4 Å². The third-order valence-electron chi connectivity index (χ3n) is 4.58. The standard InChI is InChI=1S/C22H25N3O4/c1-5-15-6-9-17(10-7-15)29-13-20(26)23-22-21(14(2)24-25-22)16-8-11-18(27-3)19(12-16)28-4/h6-12H,5,13H2,1-4H3,(H2,23,24,25,26). The van der Waals surface area contributed by atoms with Gasteiger partial charge in [0.25, 0.3) is 5.91 Å². The van der Waals surface area contributed by atoms with Crippen LogP contribution in [0.2, 0.25) is 0 Å². The topological polar surface area (TPSA) is 85.5 Å². The van der Waals surface area contributed by atoms with Crippen LogP contribution in [-0.4, -0.2) is 36.9 Å². The van der Waals surface area contributed by atoms with Crippen molar-refractivity contribution in [1.82, 2.24) is 10.2 Å². The molecule has 0 aliphatic heterocycles. The number of nitrogens with one attached hydrogen (secondary N) is 2. The summed E-state index contributed by atoms with van der Waals surface area (Å²) in [5, 5.41) is 9.95. The Hall–Kier alpha value is -3.48. The van der Waals surface area contributed by atoms with Gasteiger partial charge in [0.05, 0.1) is 14.2 Å². The Morgan fingerprint density at radius 3 is 2.45 bits per heavy atom. The van der Waals surface area contributed by atoms with Crippen molar-refractivity contribution in [2.75, 3.05) is 26.1 Å². The maximum Gasteiger partial charge on any atom is 0.263 e. The van der Waals surface area contributed by atoms with Crippen molar-refractivity contribution in [3.8, 4) is 28.4 Å².